The van der Waals surface area contributed by atoms with Gasteiger partial charge in [-0.2, -0.15) is 13.2 Å². The van der Waals surface area contributed by atoms with Gasteiger partial charge in [0.2, 0.25) is 0 Å². The molecule has 1 unspecified atom stereocenters. The number of fused-ring (bicyclic) bond motifs is 1. The second kappa shape index (κ2) is 10.8. The van der Waals surface area contributed by atoms with Crippen molar-refractivity contribution in [1.82, 2.24) is 19.8 Å². The lowest BCUT2D eigenvalue weighted by molar-refractivity contribution is -0.137. The molecule has 2 aliphatic heterocycles. The summed E-state index contributed by atoms with van der Waals surface area (Å²) >= 11 is 0. The molecule has 1 atom stereocenters. The summed E-state index contributed by atoms with van der Waals surface area (Å²) in [5.41, 5.74) is 3.93. The molecule has 0 saturated carbocycles. The number of hydrogen-bond donors (Lipinski definition) is 0. The lowest BCUT2D eigenvalue weighted by Crippen LogP contribution is -2.43. The maximum Gasteiger partial charge on any atom is 0.416 e. The van der Waals surface area contributed by atoms with Gasteiger partial charge in [0.15, 0.2) is 5.78 Å². The molecule has 3 heterocycles. The van der Waals surface area contributed by atoms with Gasteiger partial charge in [-0.05, 0) is 60.8 Å². The van der Waals surface area contributed by atoms with Crippen molar-refractivity contribution in [2.45, 2.75) is 45.1 Å². The number of hydrogen-bond acceptors (Lipinski definition) is 6. The third-order valence-electron chi connectivity index (χ3n) is 7.54. The number of likely N-dealkylation sites (N-methyl/N-ethyl adjacent to an activating group) is 1. The fourth-order valence-electron chi connectivity index (χ4n) is 5.37. The lowest BCUT2D eigenvalue weighted by Gasteiger charge is -2.36. The predicted octanol–water partition coefficient (Wildman–Crippen LogP) is 4.62. The molecule has 2 aliphatic rings. The van der Waals surface area contributed by atoms with E-state index < -0.39 is 11.7 Å². The Morgan fingerprint density at radius 2 is 1.68 bits per heavy atom. The average molecular weight is 524 g/mol. The first kappa shape index (κ1) is 26.3. The van der Waals surface area contributed by atoms with Gasteiger partial charge >= 0.3 is 6.18 Å². The zero-order valence-electron chi connectivity index (χ0n) is 21.7. The minimum atomic E-state index is -4.47. The topological polar surface area (TPSA) is 52.6 Å². The van der Waals surface area contributed by atoms with Crippen LogP contribution in [-0.2, 0) is 32.1 Å². The van der Waals surface area contributed by atoms with E-state index in [4.69, 9.17) is 0 Å². The average Bonchev–Trinajstić information content (AvgIpc) is 2.89. The van der Waals surface area contributed by atoms with Crippen molar-refractivity contribution in [3.8, 4) is 0 Å². The number of Topliss-reactive ketones (excluding diaryl/α,β-unsaturated/α-hetero) is 1. The smallest absolute Gasteiger partial charge is 0.362 e. The van der Waals surface area contributed by atoms with Crippen molar-refractivity contribution in [2.75, 3.05) is 38.1 Å². The van der Waals surface area contributed by atoms with Crippen LogP contribution in [0.25, 0.3) is 0 Å². The largest absolute Gasteiger partial charge is 0.416 e. The lowest BCUT2D eigenvalue weighted by atomic mass is 9.91. The highest BCUT2D eigenvalue weighted by molar-refractivity contribution is 5.97. The third kappa shape index (κ3) is 6.05. The molecule has 200 valence electrons. The molecule has 0 aliphatic carbocycles. The van der Waals surface area contributed by atoms with Crippen LogP contribution >= 0.6 is 0 Å². The van der Waals surface area contributed by atoms with Crippen LogP contribution in [-0.4, -0.2) is 64.8 Å². The molecule has 0 spiro atoms. The van der Waals surface area contributed by atoms with E-state index in [1.54, 1.807) is 24.5 Å². The van der Waals surface area contributed by atoms with Crippen molar-refractivity contribution in [3.63, 3.8) is 0 Å². The summed E-state index contributed by atoms with van der Waals surface area (Å²) in [5.74, 6) is -0.189. The van der Waals surface area contributed by atoms with Crippen molar-refractivity contribution in [3.05, 3.63) is 88.5 Å². The van der Waals surface area contributed by atoms with Gasteiger partial charge in [0.25, 0.3) is 0 Å². The fraction of sp³-hybridized carbons (Fsp3) is 0.414. The van der Waals surface area contributed by atoms with Gasteiger partial charge in [-0.15, -0.1) is 0 Å². The maximum absolute atomic E-state index is 13.7. The number of ketones is 1. The normalized spacial score (nSPS) is 18.9. The highest BCUT2D eigenvalue weighted by Gasteiger charge is 2.32. The van der Waals surface area contributed by atoms with Crippen LogP contribution in [0.1, 0.15) is 45.1 Å². The number of aromatic nitrogens is 2. The molecular formula is C29H32F3N5O. The minimum absolute atomic E-state index is 0.0783. The Bertz CT molecular complexity index is 1290. The standard InChI is InChI=1S/C29H32F3N5O/c1-20-9-23-3-4-24(14-25(23)18-37(20)27-15-33-19-34-16-27)28(38)13-21-10-22(12-26(11-21)29(30,31)32)17-36-7-5-35(2)6-8-36/h3-4,10-12,14-16,19-20H,5-9,13,17-18H2,1-2H3. The zero-order valence-corrected chi connectivity index (χ0v) is 21.7. The van der Waals surface area contributed by atoms with Crippen molar-refractivity contribution < 1.29 is 18.0 Å². The van der Waals surface area contributed by atoms with E-state index >= 15 is 0 Å². The number of benzene rings is 2. The number of rotatable bonds is 6. The van der Waals surface area contributed by atoms with Crippen LogP contribution in [0.3, 0.4) is 0 Å². The van der Waals surface area contributed by atoms with Crippen LogP contribution in [0.4, 0.5) is 18.9 Å². The van der Waals surface area contributed by atoms with Crippen molar-refractivity contribution >= 4 is 11.5 Å². The van der Waals surface area contributed by atoms with Gasteiger partial charge in [0.05, 0.1) is 23.6 Å². The molecule has 38 heavy (non-hydrogen) atoms. The first-order chi connectivity index (χ1) is 18.2. The van der Waals surface area contributed by atoms with E-state index in [-0.39, 0.29) is 18.2 Å². The molecular weight excluding hydrogens is 491 g/mol. The Balaban J connectivity index is 1.35. The quantitative estimate of drug-likeness (QED) is 0.440. The minimum Gasteiger partial charge on any atom is -0.362 e. The van der Waals surface area contributed by atoms with Crippen molar-refractivity contribution in [1.29, 1.82) is 0 Å². The number of halogens is 3. The third-order valence-corrected chi connectivity index (χ3v) is 7.54. The van der Waals surface area contributed by atoms with E-state index in [2.05, 4.69) is 31.6 Å². The summed E-state index contributed by atoms with van der Waals surface area (Å²) in [7, 11) is 2.04. The number of anilines is 1. The van der Waals surface area contributed by atoms with Crippen molar-refractivity contribution in [2.24, 2.45) is 0 Å². The maximum atomic E-state index is 13.7. The second-order valence-corrected chi connectivity index (χ2v) is 10.5. The molecule has 1 aromatic heterocycles. The molecule has 1 fully saturated rings. The summed E-state index contributed by atoms with van der Waals surface area (Å²) in [6.45, 7) is 6.58. The Morgan fingerprint density at radius 3 is 2.39 bits per heavy atom. The van der Waals surface area contributed by atoms with E-state index in [1.807, 2.05) is 19.2 Å². The molecule has 3 aromatic rings. The zero-order chi connectivity index (χ0) is 26.9. The van der Waals surface area contributed by atoms with Gasteiger partial charge in [-0.1, -0.05) is 18.2 Å². The monoisotopic (exact) mass is 523 g/mol. The molecule has 0 N–H and O–H groups in total. The SMILES string of the molecule is CC1Cc2ccc(C(=O)Cc3cc(CN4CCN(C)CC4)cc(C(F)(F)F)c3)cc2CN1c1cncnc1. The molecule has 6 nitrogen and oxygen atoms in total. The summed E-state index contributed by atoms with van der Waals surface area (Å²) in [4.78, 5) is 28.1. The van der Waals surface area contributed by atoms with E-state index in [0.29, 0.717) is 29.8 Å². The first-order valence-corrected chi connectivity index (χ1v) is 12.9. The number of piperazine rings is 1. The highest BCUT2D eigenvalue weighted by Crippen LogP contribution is 2.32. The van der Waals surface area contributed by atoms with Crippen LogP contribution in [0, 0.1) is 0 Å². The number of nitrogens with zero attached hydrogens (tertiary/aromatic N) is 5. The molecule has 2 aromatic carbocycles. The number of carbonyl (C=O) groups excluding carboxylic acids is 1. The van der Waals surface area contributed by atoms with E-state index in [9.17, 15) is 18.0 Å². The summed E-state index contributed by atoms with van der Waals surface area (Å²) in [6.07, 6.45) is 1.32. The molecule has 0 amide bonds. The first-order valence-electron chi connectivity index (χ1n) is 12.9. The highest BCUT2D eigenvalue weighted by atomic mass is 19.4. The van der Waals surface area contributed by atoms with Gasteiger partial charge in [0.1, 0.15) is 6.33 Å². The molecule has 0 bridgehead atoms. The summed E-state index contributed by atoms with van der Waals surface area (Å²) < 4.78 is 41.1. The fourth-order valence-corrected chi connectivity index (χ4v) is 5.37. The number of carbonyl (C=O) groups is 1. The van der Waals surface area contributed by atoms with Gasteiger partial charge < -0.3 is 9.80 Å². The second-order valence-electron chi connectivity index (χ2n) is 10.5. The Hall–Kier alpha value is -3.30. The van der Waals surface area contributed by atoms with E-state index in [1.165, 1.54) is 18.0 Å². The Morgan fingerprint density at radius 1 is 0.974 bits per heavy atom. The van der Waals surface area contributed by atoms with Gasteiger partial charge in [0, 0.05) is 57.3 Å². The Kier molecular flexibility index (Phi) is 7.49. The predicted molar refractivity (Wildman–Crippen MR) is 140 cm³/mol. The Labute approximate surface area is 221 Å². The van der Waals surface area contributed by atoms with Gasteiger partial charge in [-0.25, -0.2) is 9.97 Å². The number of alkyl halides is 3. The van der Waals surface area contributed by atoms with Crippen LogP contribution in [0.2, 0.25) is 0 Å². The summed E-state index contributed by atoms with van der Waals surface area (Å²) in [6, 6.07) is 9.99. The molecule has 5 rings (SSSR count). The molecule has 0 radical (unpaired) electrons. The summed E-state index contributed by atoms with van der Waals surface area (Å²) in [5, 5.41) is 0. The van der Waals surface area contributed by atoms with Crippen LogP contribution in [0.15, 0.2) is 55.1 Å². The van der Waals surface area contributed by atoms with Crippen LogP contribution < -0.4 is 4.90 Å². The van der Waals surface area contributed by atoms with E-state index in [0.717, 1.165) is 49.9 Å². The molecule has 9 heteroatoms. The van der Waals surface area contributed by atoms with Gasteiger partial charge in [-0.3, -0.25) is 9.69 Å². The molecule has 1 saturated heterocycles. The van der Waals surface area contributed by atoms with Crippen LogP contribution in [0.5, 0.6) is 0 Å².